The maximum atomic E-state index is 13.7. The lowest BCUT2D eigenvalue weighted by molar-refractivity contribution is 0.0926. The van der Waals surface area contributed by atoms with Crippen LogP contribution in [0.1, 0.15) is 23.2 Å². The lowest BCUT2D eigenvalue weighted by Gasteiger charge is -2.34. The van der Waals surface area contributed by atoms with Crippen LogP contribution in [0.4, 0.5) is 14.5 Å². The molecule has 25 heavy (non-hydrogen) atoms. The summed E-state index contributed by atoms with van der Waals surface area (Å²) in [4.78, 5) is 14.4. The van der Waals surface area contributed by atoms with Crippen LogP contribution in [-0.2, 0) is 0 Å². The Hall–Kier alpha value is -2.63. The lowest BCUT2D eigenvalue weighted by atomic mass is 10.0. The number of nitrogens with one attached hydrogen (secondary N) is 1. The molecule has 1 fully saturated rings. The van der Waals surface area contributed by atoms with E-state index in [1.165, 1.54) is 0 Å². The van der Waals surface area contributed by atoms with E-state index in [1.807, 2.05) is 24.3 Å². The Balaban J connectivity index is 1.57. The van der Waals surface area contributed by atoms with E-state index in [2.05, 4.69) is 10.2 Å². The molecule has 4 nitrogen and oxygen atoms in total. The predicted octanol–water partition coefficient (Wildman–Crippen LogP) is 3.37. The first kappa shape index (κ1) is 17.2. The maximum Gasteiger partial charge on any atom is 0.254 e. The van der Waals surface area contributed by atoms with Gasteiger partial charge in [0, 0.05) is 24.8 Å². The first-order chi connectivity index (χ1) is 12.1. The number of anilines is 1. The molecule has 2 aromatic carbocycles. The highest BCUT2D eigenvalue weighted by Gasteiger charge is 2.22. The Kier molecular flexibility index (Phi) is 5.16. The molecule has 0 saturated carbocycles. The fourth-order valence-corrected chi connectivity index (χ4v) is 3.01. The number of halogens is 2. The normalized spacial score (nSPS) is 15.1. The molecule has 1 N–H and O–H groups in total. The molecule has 132 valence electrons. The molecule has 0 radical (unpaired) electrons. The van der Waals surface area contributed by atoms with E-state index in [1.54, 1.807) is 7.11 Å². The highest BCUT2D eigenvalue weighted by molar-refractivity contribution is 5.94. The summed E-state index contributed by atoms with van der Waals surface area (Å²) in [5.74, 6) is -1.10. The number of hydrogen-bond donors (Lipinski definition) is 1. The van der Waals surface area contributed by atoms with Crippen LogP contribution in [0.3, 0.4) is 0 Å². The van der Waals surface area contributed by atoms with Crippen molar-refractivity contribution < 1.29 is 18.3 Å². The molecule has 0 spiro atoms. The molecule has 0 bridgehead atoms. The van der Waals surface area contributed by atoms with Crippen molar-refractivity contribution >= 4 is 11.6 Å². The van der Waals surface area contributed by atoms with Gasteiger partial charge in [-0.1, -0.05) is 0 Å². The third-order valence-corrected chi connectivity index (χ3v) is 4.44. The Bertz CT molecular complexity index is 742. The second kappa shape index (κ2) is 7.51. The quantitative estimate of drug-likeness (QED) is 0.923. The maximum absolute atomic E-state index is 13.7. The summed E-state index contributed by atoms with van der Waals surface area (Å²) in [6.07, 6.45) is 1.49. The van der Waals surface area contributed by atoms with Gasteiger partial charge in [-0.25, -0.2) is 8.78 Å². The number of methoxy groups -OCH3 is 1. The summed E-state index contributed by atoms with van der Waals surface area (Å²) in [5.41, 5.74) is 0.847. The van der Waals surface area contributed by atoms with Crippen LogP contribution < -0.4 is 15.0 Å². The van der Waals surface area contributed by atoms with E-state index in [0.717, 1.165) is 55.6 Å². The lowest BCUT2D eigenvalue weighted by Crippen LogP contribution is -2.44. The van der Waals surface area contributed by atoms with Gasteiger partial charge in [-0.3, -0.25) is 4.79 Å². The number of carbonyl (C=O) groups is 1. The van der Waals surface area contributed by atoms with Crippen molar-refractivity contribution in [3.05, 3.63) is 59.7 Å². The van der Waals surface area contributed by atoms with E-state index in [4.69, 9.17) is 4.74 Å². The summed E-state index contributed by atoms with van der Waals surface area (Å²) in [5, 5.41) is 2.80. The average molecular weight is 346 g/mol. The molecule has 6 heteroatoms. The van der Waals surface area contributed by atoms with Gasteiger partial charge < -0.3 is 15.0 Å². The Morgan fingerprint density at radius 1 is 1.12 bits per heavy atom. The smallest absolute Gasteiger partial charge is 0.254 e. The van der Waals surface area contributed by atoms with Gasteiger partial charge in [0.15, 0.2) is 0 Å². The zero-order valence-corrected chi connectivity index (χ0v) is 14.0. The molecule has 2 aromatic rings. The predicted molar refractivity (Wildman–Crippen MR) is 92.1 cm³/mol. The van der Waals surface area contributed by atoms with Crippen LogP contribution in [0.25, 0.3) is 0 Å². The third kappa shape index (κ3) is 4.07. The van der Waals surface area contributed by atoms with E-state index < -0.39 is 17.5 Å². The van der Waals surface area contributed by atoms with Crippen LogP contribution >= 0.6 is 0 Å². The molecule has 1 amide bonds. The number of nitrogens with zero attached hydrogens (tertiary/aromatic N) is 1. The summed E-state index contributed by atoms with van der Waals surface area (Å²) in [7, 11) is 1.63. The highest BCUT2D eigenvalue weighted by Crippen LogP contribution is 2.23. The molecule has 1 aliphatic rings. The minimum atomic E-state index is -0.713. The number of amides is 1. The third-order valence-electron chi connectivity index (χ3n) is 4.44. The van der Waals surface area contributed by atoms with Gasteiger partial charge in [-0.05, 0) is 55.3 Å². The molecule has 3 rings (SSSR count). The first-order valence-corrected chi connectivity index (χ1v) is 8.22. The molecule has 0 aliphatic carbocycles. The van der Waals surface area contributed by atoms with Crippen molar-refractivity contribution in [1.29, 1.82) is 0 Å². The standard InChI is InChI=1S/C19H20F2N2O2/c1-25-16-5-3-15(4-6-16)23-10-8-14(9-11-23)22-19(24)17-12-13(20)2-7-18(17)21/h2-7,12,14H,8-11H2,1H3,(H,22,24). The van der Waals surface area contributed by atoms with Crippen LogP contribution in [0.2, 0.25) is 0 Å². The number of ether oxygens (including phenoxy) is 1. The van der Waals surface area contributed by atoms with Crippen molar-refractivity contribution in [3.8, 4) is 5.75 Å². The second-order valence-corrected chi connectivity index (χ2v) is 6.06. The van der Waals surface area contributed by atoms with Gasteiger partial charge >= 0.3 is 0 Å². The van der Waals surface area contributed by atoms with Gasteiger partial charge in [0.25, 0.3) is 5.91 Å². The van der Waals surface area contributed by atoms with Crippen LogP contribution in [-0.4, -0.2) is 32.1 Å². The Labute approximate surface area is 145 Å². The van der Waals surface area contributed by atoms with E-state index in [-0.39, 0.29) is 11.6 Å². The van der Waals surface area contributed by atoms with Crippen molar-refractivity contribution in [2.45, 2.75) is 18.9 Å². The van der Waals surface area contributed by atoms with Crippen LogP contribution in [0.5, 0.6) is 5.75 Å². The van der Waals surface area contributed by atoms with Crippen molar-refractivity contribution in [1.82, 2.24) is 5.32 Å². The molecule has 0 aromatic heterocycles. The average Bonchev–Trinajstić information content (AvgIpc) is 2.64. The zero-order chi connectivity index (χ0) is 17.8. The van der Waals surface area contributed by atoms with E-state index in [0.29, 0.717) is 0 Å². The zero-order valence-electron chi connectivity index (χ0n) is 14.0. The van der Waals surface area contributed by atoms with E-state index >= 15 is 0 Å². The molecule has 0 unspecified atom stereocenters. The molecule has 1 saturated heterocycles. The molecular weight excluding hydrogens is 326 g/mol. The molecule has 1 heterocycles. The summed E-state index contributed by atoms with van der Waals surface area (Å²) < 4.78 is 32.0. The minimum absolute atomic E-state index is 0.0512. The van der Waals surface area contributed by atoms with Crippen molar-refractivity contribution in [3.63, 3.8) is 0 Å². The van der Waals surface area contributed by atoms with Gasteiger partial charge in [-0.2, -0.15) is 0 Å². The van der Waals surface area contributed by atoms with E-state index in [9.17, 15) is 13.6 Å². The van der Waals surface area contributed by atoms with Gasteiger partial charge in [0.05, 0.1) is 12.7 Å². The second-order valence-electron chi connectivity index (χ2n) is 6.06. The molecular formula is C19H20F2N2O2. The summed E-state index contributed by atoms with van der Waals surface area (Å²) >= 11 is 0. The summed E-state index contributed by atoms with van der Waals surface area (Å²) in [6, 6.07) is 10.7. The molecule has 1 aliphatic heterocycles. The highest BCUT2D eigenvalue weighted by atomic mass is 19.1. The van der Waals surface area contributed by atoms with Gasteiger partial charge in [0.2, 0.25) is 0 Å². The fraction of sp³-hybridized carbons (Fsp3) is 0.316. The Morgan fingerprint density at radius 2 is 1.80 bits per heavy atom. The van der Waals surface area contributed by atoms with Crippen molar-refractivity contribution in [2.75, 3.05) is 25.1 Å². The number of carbonyl (C=O) groups excluding carboxylic acids is 1. The largest absolute Gasteiger partial charge is 0.497 e. The van der Waals surface area contributed by atoms with Gasteiger partial charge in [0.1, 0.15) is 17.4 Å². The monoisotopic (exact) mass is 346 g/mol. The number of rotatable bonds is 4. The SMILES string of the molecule is COc1ccc(N2CCC(NC(=O)c3cc(F)ccc3F)CC2)cc1. The number of hydrogen-bond acceptors (Lipinski definition) is 3. The fourth-order valence-electron chi connectivity index (χ4n) is 3.01. The number of piperidine rings is 1. The van der Waals surface area contributed by atoms with Crippen LogP contribution in [0, 0.1) is 11.6 Å². The van der Waals surface area contributed by atoms with Crippen LogP contribution in [0.15, 0.2) is 42.5 Å². The number of benzene rings is 2. The molecule has 0 atom stereocenters. The minimum Gasteiger partial charge on any atom is -0.497 e. The first-order valence-electron chi connectivity index (χ1n) is 8.22. The van der Waals surface area contributed by atoms with Gasteiger partial charge in [-0.15, -0.1) is 0 Å². The van der Waals surface area contributed by atoms with Crippen molar-refractivity contribution in [2.24, 2.45) is 0 Å². The Morgan fingerprint density at radius 3 is 2.44 bits per heavy atom. The summed E-state index contributed by atoms with van der Waals surface area (Å²) in [6.45, 7) is 1.56. The topological polar surface area (TPSA) is 41.6 Å².